The summed E-state index contributed by atoms with van der Waals surface area (Å²) in [6.07, 6.45) is 3.86. The monoisotopic (exact) mass is 145 g/mol. The van der Waals surface area contributed by atoms with E-state index < -0.39 is 0 Å². The minimum absolute atomic E-state index is 1.11. The molecule has 1 nitrogen and oxygen atoms in total. The number of hydrogen-bond donors (Lipinski definition) is 1. The molecule has 0 saturated heterocycles. The quantitative estimate of drug-likeness (QED) is 0.600. The van der Waals surface area contributed by atoms with Gasteiger partial charge in [0.15, 0.2) is 0 Å². The number of unbranched alkanes of at least 4 members (excludes halogenated alkanes) is 1. The van der Waals surface area contributed by atoms with Crippen LogP contribution >= 0.6 is 0 Å². The minimum Gasteiger partial charge on any atom is -0.317 e. The minimum atomic E-state index is 1.11. The van der Waals surface area contributed by atoms with Crippen molar-refractivity contribution >= 4 is 0 Å². The van der Waals surface area contributed by atoms with Gasteiger partial charge in [0.25, 0.3) is 0 Å². The molecule has 0 fully saturated rings. The van der Waals surface area contributed by atoms with Crippen LogP contribution in [-0.2, 0) is 0 Å². The summed E-state index contributed by atoms with van der Waals surface area (Å²) in [4.78, 5) is 0. The highest BCUT2D eigenvalue weighted by Gasteiger charge is 1.77. The van der Waals surface area contributed by atoms with E-state index in [0.29, 0.717) is 0 Å². The van der Waals surface area contributed by atoms with Gasteiger partial charge in [0.1, 0.15) is 0 Å². The summed E-state index contributed by atoms with van der Waals surface area (Å²) in [5.41, 5.74) is 0. The van der Waals surface area contributed by atoms with E-state index in [1.807, 2.05) is 0 Å². The Morgan fingerprint density at radius 1 is 1.00 bits per heavy atom. The van der Waals surface area contributed by atoms with Crippen LogP contribution in [-0.4, -0.2) is 13.1 Å². The van der Waals surface area contributed by atoms with Crippen molar-refractivity contribution in [1.29, 1.82) is 0 Å². The molecule has 0 aliphatic carbocycles. The van der Waals surface area contributed by atoms with Crippen molar-refractivity contribution in [2.75, 3.05) is 13.1 Å². The molecule has 1 heteroatoms. The molecule has 0 aromatic heterocycles. The Hall–Kier alpha value is -0.0400. The third-order valence-electron chi connectivity index (χ3n) is 0.957. The van der Waals surface area contributed by atoms with E-state index >= 15 is 0 Å². The van der Waals surface area contributed by atoms with Crippen LogP contribution in [0.3, 0.4) is 0 Å². The molecule has 10 heavy (non-hydrogen) atoms. The van der Waals surface area contributed by atoms with Crippen LogP contribution in [0.25, 0.3) is 0 Å². The molecule has 0 saturated carbocycles. The molecule has 0 bridgehead atoms. The normalized spacial score (nSPS) is 8.40. The van der Waals surface area contributed by atoms with Gasteiger partial charge >= 0.3 is 0 Å². The van der Waals surface area contributed by atoms with Gasteiger partial charge in [-0.25, -0.2) is 0 Å². The fourth-order valence-electron chi connectivity index (χ4n) is 0.479. The van der Waals surface area contributed by atoms with Gasteiger partial charge in [0.05, 0.1) is 0 Å². The molecule has 0 radical (unpaired) electrons. The average Bonchev–Trinajstić information content (AvgIpc) is 1.91. The lowest BCUT2D eigenvalue weighted by molar-refractivity contribution is 0.663. The van der Waals surface area contributed by atoms with Crippen molar-refractivity contribution in [2.45, 2.75) is 47.0 Å². The van der Waals surface area contributed by atoms with Gasteiger partial charge in [-0.15, -0.1) is 0 Å². The van der Waals surface area contributed by atoms with Gasteiger partial charge in [-0.2, -0.15) is 0 Å². The summed E-state index contributed by atoms with van der Waals surface area (Å²) in [6, 6.07) is 0. The van der Waals surface area contributed by atoms with Crippen LogP contribution in [0.2, 0.25) is 0 Å². The largest absolute Gasteiger partial charge is 0.317 e. The second kappa shape index (κ2) is 16.0. The van der Waals surface area contributed by atoms with Crippen molar-refractivity contribution in [3.8, 4) is 0 Å². The number of nitrogens with one attached hydrogen (secondary N) is 1. The maximum Gasteiger partial charge on any atom is -0.00491 e. The topological polar surface area (TPSA) is 12.0 Å². The molecule has 0 aromatic rings. The molecular formula is C9H23N. The maximum atomic E-state index is 3.25. The van der Waals surface area contributed by atoms with Gasteiger partial charge in [0, 0.05) is 0 Å². The Kier molecular flexibility index (Phi) is 20.2. The third kappa shape index (κ3) is 24.6. The standard InChI is InChI=1S/C6H15N.C3H8/c1-3-5-6-7-4-2;1-3-2/h7H,3-6H2,1-2H3;3H2,1-2H3. The predicted molar refractivity (Wildman–Crippen MR) is 49.4 cm³/mol. The Bertz CT molecular complexity index is 31.7. The summed E-state index contributed by atoms with van der Waals surface area (Å²) < 4.78 is 0. The molecule has 0 atom stereocenters. The van der Waals surface area contributed by atoms with Gasteiger partial charge in [0.2, 0.25) is 0 Å². The van der Waals surface area contributed by atoms with Gasteiger partial charge in [-0.05, 0) is 19.5 Å². The molecular weight excluding hydrogens is 122 g/mol. The zero-order valence-electron chi connectivity index (χ0n) is 8.04. The van der Waals surface area contributed by atoms with Crippen LogP contribution in [0.5, 0.6) is 0 Å². The SMILES string of the molecule is CCC.CCCCNCC. The summed E-state index contributed by atoms with van der Waals surface area (Å²) >= 11 is 0. The van der Waals surface area contributed by atoms with E-state index in [2.05, 4.69) is 33.0 Å². The molecule has 0 unspecified atom stereocenters. The molecule has 0 aromatic carbocycles. The van der Waals surface area contributed by atoms with Crippen molar-refractivity contribution in [3.05, 3.63) is 0 Å². The van der Waals surface area contributed by atoms with Crippen LogP contribution in [0.4, 0.5) is 0 Å². The fraction of sp³-hybridized carbons (Fsp3) is 1.00. The summed E-state index contributed by atoms with van der Waals surface area (Å²) in [5.74, 6) is 0. The fourth-order valence-corrected chi connectivity index (χ4v) is 0.479. The van der Waals surface area contributed by atoms with Gasteiger partial charge < -0.3 is 5.32 Å². The van der Waals surface area contributed by atoms with Gasteiger partial charge in [-0.1, -0.05) is 40.5 Å². The summed E-state index contributed by atoms with van der Waals surface area (Å²) in [7, 11) is 0. The second-order valence-electron chi connectivity index (χ2n) is 2.41. The zero-order chi connectivity index (χ0) is 8.24. The molecule has 1 N–H and O–H groups in total. The van der Waals surface area contributed by atoms with Crippen LogP contribution in [0.15, 0.2) is 0 Å². The average molecular weight is 145 g/mol. The molecule has 0 rings (SSSR count). The Morgan fingerprint density at radius 3 is 1.80 bits per heavy atom. The van der Waals surface area contributed by atoms with Crippen LogP contribution in [0.1, 0.15) is 47.0 Å². The van der Waals surface area contributed by atoms with Crippen molar-refractivity contribution in [3.63, 3.8) is 0 Å². The van der Waals surface area contributed by atoms with Crippen molar-refractivity contribution < 1.29 is 0 Å². The molecule has 0 heterocycles. The van der Waals surface area contributed by atoms with Gasteiger partial charge in [-0.3, -0.25) is 0 Å². The maximum absolute atomic E-state index is 3.25. The smallest absolute Gasteiger partial charge is 0.00491 e. The highest BCUT2D eigenvalue weighted by atomic mass is 14.8. The van der Waals surface area contributed by atoms with E-state index in [9.17, 15) is 0 Å². The highest BCUT2D eigenvalue weighted by molar-refractivity contribution is 4.39. The third-order valence-corrected chi connectivity index (χ3v) is 0.957. The Morgan fingerprint density at radius 2 is 1.50 bits per heavy atom. The molecule has 64 valence electrons. The van der Waals surface area contributed by atoms with Crippen molar-refractivity contribution in [2.24, 2.45) is 0 Å². The predicted octanol–water partition coefficient (Wildman–Crippen LogP) is 2.81. The highest BCUT2D eigenvalue weighted by Crippen LogP contribution is 1.80. The number of rotatable bonds is 4. The second-order valence-corrected chi connectivity index (χ2v) is 2.41. The zero-order valence-corrected chi connectivity index (χ0v) is 8.04. The lowest BCUT2D eigenvalue weighted by Gasteiger charge is -1.95. The summed E-state index contributed by atoms with van der Waals surface area (Å²) in [6.45, 7) is 10.9. The van der Waals surface area contributed by atoms with E-state index in [0.717, 1.165) is 6.54 Å². The Balaban J connectivity index is 0. The first-order valence-corrected chi connectivity index (χ1v) is 4.54. The first-order valence-electron chi connectivity index (χ1n) is 4.54. The molecule has 0 spiro atoms. The molecule has 0 aliphatic rings. The Labute approximate surface area is 66.2 Å². The van der Waals surface area contributed by atoms with E-state index in [1.54, 1.807) is 0 Å². The molecule has 0 aliphatic heterocycles. The van der Waals surface area contributed by atoms with Crippen LogP contribution < -0.4 is 5.32 Å². The number of hydrogen-bond acceptors (Lipinski definition) is 1. The molecule has 0 amide bonds. The lowest BCUT2D eigenvalue weighted by Crippen LogP contribution is -2.13. The van der Waals surface area contributed by atoms with E-state index in [4.69, 9.17) is 0 Å². The van der Waals surface area contributed by atoms with Crippen LogP contribution in [0, 0.1) is 0 Å². The van der Waals surface area contributed by atoms with E-state index in [-0.39, 0.29) is 0 Å². The summed E-state index contributed by atoms with van der Waals surface area (Å²) in [5, 5.41) is 3.25. The van der Waals surface area contributed by atoms with Crippen molar-refractivity contribution in [1.82, 2.24) is 5.32 Å². The first-order chi connectivity index (χ1) is 4.83. The van der Waals surface area contributed by atoms with E-state index in [1.165, 1.54) is 25.8 Å². The first kappa shape index (κ1) is 12.6. The lowest BCUT2D eigenvalue weighted by atomic mass is 10.3.